The molecule has 0 bridgehead atoms. The van der Waals surface area contributed by atoms with E-state index in [1.807, 2.05) is 0 Å². The topological polar surface area (TPSA) is 154 Å². The van der Waals surface area contributed by atoms with E-state index in [0.717, 1.165) is 4.90 Å². The SMILES string of the molecule is C[C@@H](CNC(=O)c1cc2n(n1)CCCN(CCN1C(=O)CNCC1=O)C2=O)C(=O)O. The van der Waals surface area contributed by atoms with Gasteiger partial charge >= 0.3 is 5.97 Å². The normalized spacial score (nSPS) is 18.1. The lowest BCUT2D eigenvalue weighted by molar-refractivity contribution is -0.146. The van der Waals surface area contributed by atoms with Gasteiger partial charge in [-0.05, 0) is 6.42 Å². The molecule has 2 aliphatic heterocycles. The van der Waals surface area contributed by atoms with Crippen LogP contribution in [0.25, 0.3) is 0 Å². The summed E-state index contributed by atoms with van der Waals surface area (Å²) < 4.78 is 1.46. The fraction of sp³-hybridized carbons (Fsp3) is 0.556. The number of nitrogens with zero attached hydrogens (tertiary/aromatic N) is 4. The Morgan fingerprint density at radius 1 is 1.20 bits per heavy atom. The van der Waals surface area contributed by atoms with Crippen molar-refractivity contribution in [1.82, 2.24) is 30.2 Å². The second-order valence-corrected chi connectivity index (χ2v) is 7.28. The van der Waals surface area contributed by atoms with Crippen LogP contribution in [-0.2, 0) is 20.9 Å². The molecule has 1 atom stereocenters. The van der Waals surface area contributed by atoms with E-state index in [4.69, 9.17) is 5.11 Å². The number of piperazine rings is 1. The predicted octanol–water partition coefficient (Wildman–Crippen LogP) is -1.86. The number of imide groups is 1. The third kappa shape index (κ3) is 4.64. The fourth-order valence-corrected chi connectivity index (χ4v) is 3.26. The van der Waals surface area contributed by atoms with Gasteiger partial charge in [-0.1, -0.05) is 6.92 Å². The number of aliphatic carboxylic acids is 1. The van der Waals surface area contributed by atoms with E-state index in [9.17, 15) is 24.0 Å². The van der Waals surface area contributed by atoms with Crippen molar-refractivity contribution < 1.29 is 29.1 Å². The molecule has 1 aromatic rings. The van der Waals surface area contributed by atoms with Gasteiger partial charge in [0.15, 0.2) is 5.69 Å². The van der Waals surface area contributed by atoms with E-state index in [-0.39, 0.29) is 61.8 Å². The minimum atomic E-state index is -1.02. The highest BCUT2D eigenvalue weighted by Crippen LogP contribution is 2.14. The number of carboxylic acid groups (broad SMARTS) is 1. The van der Waals surface area contributed by atoms with E-state index < -0.39 is 17.8 Å². The van der Waals surface area contributed by atoms with Gasteiger partial charge in [-0.2, -0.15) is 5.10 Å². The molecule has 30 heavy (non-hydrogen) atoms. The number of fused-ring (bicyclic) bond motifs is 1. The first-order chi connectivity index (χ1) is 14.3. The molecule has 12 nitrogen and oxygen atoms in total. The van der Waals surface area contributed by atoms with Gasteiger partial charge in [0.2, 0.25) is 11.8 Å². The number of nitrogens with one attached hydrogen (secondary N) is 2. The zero-order valence-electron chi connectivity index (χ0n) is 16.6. The molecule has 0 saturated carbocycles. The van der Waals surface area contributed by atoms with Crippen LogP contribution in [0, 0.1) is 5.92 Å². The third-order valence-electron chi connectivity index (χ3n) is 5.06. The number of aryl methyl sites for hydroxylation is 1. The number of carbonyl (C=O) groups is 5. The van der Waals surface area contributed by atoms with Crippen molar-refractivity contribution in [1.29, 1.82) is 0 Å². The zero-order valence-corrected chi connectivity index (χ0v) is 16.6. The molecule has 0 aromatic carbocycles. The first kappa shape index (κ1) is 21.4. The maximum Gasteiger partial charge on any atom is 0.308 e. The summed E-state index contributed by atoms with van der Waals surface area (Å²) in [4.78, 5) is 62.5. The third-order valence-corrected chi connectivity index (χ3v) is 5.06. The highest BCUT2D eigenvalue weighted by molar-refractivity contribution is 6.00. The van der Waals surface area contributed by atoms with Gasteiger partial charge in [-0.15, -0.1) is 0 Å². The molecule has 3 rings (SSSR count). The summed E-state index contributed by atoms with van der Waals surface area (Å²) in [6.07, 6.45) is 0.598. The molecule has 0 aliphatic carbocycles. The van der Waals surface area contributed by atoms with Crippen molar-refractivity contribution in [2.45, 2.75) is 19.9 Å². The summed E-state index contributed by atoms with van der Waals surface area (Å²) in [7, 11) is 0. The largest absolute Gasteiger partial charge is 0.481 e. The van der Waals surface area contributed by atoms with Crippen LogP contribution in [-0.4, -0.2) is 93.6 Å². The van der Waals surface area contributed by atoms with Crippen LogP contribution in [0.15, 0.2) is 6.07 Å². The lowest BCUT2D eigenvalue weighted by atomic mass is 10.2. The summed E-state index contributed by atoms with van der Waals surface area (Å²) in [6.45, 7) is 2.77. The molecule has 1 fully saturated rings. The maximum atomic E-state index is 12.9. The molecule has 3 N–H and O–H groups in total. The van der Waals surface area contributed by atoms with Crippen molar-refractivity contribution >= 4 is 29.6 Å². The standard InChI is InChI=1S/C18H24N6O6/c1-11(18(29)30)8-20-16(27)12-7-13-17(28)22(3-2-4-24(13)21-12)5-6-23-14(25)9-19-10-15(23)26/h7,11,19H,2-6,8-10H2,1H3,(H,20,27)(H,29,30)/t11-/m0/s1. The van der Waals surface area contributed by atoms with Crippen molar-refractivity contribution in [3.63, 3.8) is 0 Å². The van der Waals surface area contributed by atoms with Crippen molar-refractivity contribution in [2.75, 3.05) is 39.3 Å². The molecule has 1 aromatic heterocycles. The molecule has 0 unspecified atom stereocenters. The van der Waals surface area contributed by atoms with Crippen LogP contribution in [0.1, 0.15) is 34.3 Å². The molecule has 162 valence electrons. The van der Waals surface area contributed by atoms with Crippen LogP contribution in [0.4, 0.5) is 0 Å². The summed E-state index contributed by atoms with van der Waals surface area (Å²) >= 11 is 0. The van der Waals surface area contributed by atoms with Crippen molar-refractivity contribution in [2.24, 2.45) is 5.92 Å². The number of hydrogen-bond donors (Lipinski definition) is 3. The van der Waals surface area contributed by atoms with Crippen LogP contribution >= 0.6 is 0 Å². The number of carboxylic acids is 1. The molecule has 0 radical (unpaired) electrons. The second-order valence-electron chi connectivity index (χ2n) is 7.28. The quantitative estimate of drug-likeness (QED) is 0.434. The zero-order chi connectivity index (χ0) is 21.8. The highest BCUT2D eigenvalue weighted by Gasteiger charge is 2.29. The molecule has 2 aliphatic rings. The summed E-state index contributed by atoms with van der Waals surface area (Å²) in [5, 5.41) is 18.3. The molecular formula is C18H24N6O6. The van der Waals surface area contributed by atoms with E-state index in [1.54, 1.807) is 0 Å². The monoisotopic (exact) mass is 420 g/mol. The van der Waals surface area contributed by atoms with Crippen LogP contribution in [0.2, 0.25) is 0 Å². The Hall–Kier alpha value is -3.28. The highest BCUT2D eigenvalue weighted by atomic mass is 16.4. The Bertz CT molecular complexity index is 865. The van der Waals surface area contributed by atoms with Crippen molar-refractivity contribution in [3.8, 4) is 0 Å². The summed E-state index contributed by atoms with van der Waals surface area (Å²) in [6, 6.07) is 1.38. The predicted molar refractivity (Wildman–Crippen MR) is 101 cm³/mol. The fourth-order valence-electron chi connectivity index (χ4n) is 3.26. The Morgan fingerprint density at radius 3 is 2.57 bits per heavy atom. The first-order valence-corrected chi connectivity index (χ1v) is 9.70. The van der Waals surface area contributed by atoms with Gasteiger partial charge in [0.05, 0.1) is 19.0 Å². The molecule has 4 amide bonds. The number of hydrogen-bond acceptors (Lipinski definition) is 7. The average molecular weight is 420 g/mol. The minimum Gasteiger partial charge on any atom is -0.481 e. The Morgan fingerprint density at radius 2 is 1.90 bits per heavy atom. The molecule has 12 heteroatoms. The number of rotatable bonds is 7. The Kier molecular flexibility index (Phi) is 6.45. The number of amides is 4. The van der Waals surface area contributed by atoms with Gasteiger partial charge in [-0.25, -0.2) is 0 Å². The van der Waals surface area contributed by atoms with Gasteiger partial charge in [-0.3, -0.25) is 38.9 Å². The van der Waals surface area contributed by atoms with Gasteiger partial charge < -0.3 is 15.3 Å². The van der Waals surface area contributed by atoms with E-state index in [2.05, 4.69) is 15.7 Å². The van der Waals surface area contributed by atoms with Gasteiger partial charge in [0.1, 0.15) is 5.69 Å². The Balaban J connectivity index is 1.65. The summed E-state index contributed by atoms with van der Waals surface area (Å²) in [5.41, 5.74) is 0.271. The van der Waals surface area contributed by atoms with Crippen molar-refractivity contribution in [3.05, 3.63) is 17.5 Å². The first-order valence-electron chi connectivity index (χ1n) is 9.70. The molecule has 3 heterocycles. The second kappa shape index (κ2) is 9.03. The van der Waals surface area contributed by atoms with E-state index in [1.165, 1.54) is 22.6 Å². The van der Waals surface area contributed by atoms with Crippen LogP contribution in [0.5, 0.6) is 0 Å². The average Bonchev–Trinajstić information content (AvgIpc) is 3.07. The number of carbonyl (C=O) groups excluding carboxylic acids is 4. The molecule has 0 spiro atoms. The molecule has 1 saturated heterocycles. The minimum absolute atomic E-state index is 0.0326. The van der Waals surface area contributed by atoms with Gasteiger partial charge in [0.25, 0.3) is 11.8 Å². The summed E-state index contributed by atoms with van der Waals surface area (Å²) in [5.74, 6) is -3.32. The van der Waals surface area contributed by atoms with E-state index >= 15 is 0 Å². The van der Waals surface area contributed by atoms with Crippen LogP contribution in [0.3, 0.4) is 0 Å². The maximum absolute atomic E-state index is 12.9. The van der Waals surface area contributed by atoms with Crippen LogP contribution < -0.4 is 10.6 Å². The van der Waals surface area contributed by atoms with Gasteiger partial charge in [0, 0.05) is 38.8 Å². The Labute approximate surface area is 172 Å². The smallest absolute Gasteiger partial charge is 0.308 e. The number of aromatic nitrogens is 2. The molecular weight excluding hydrogens is 396 g/mol. The lowest BCUT2D eigenvalue weighted by Crippen LogP contribution is -2.54. The van der Waals surface area contributed by atoms with E-state index in [0.29, 0.717) is 19.5 Å². The lowest BCUT2D eigenvalue weighted by Gasteiger charge is -2.28.